The minimum absolute atomic E-state index is 0.111. The molecule has 0 fully saturated rings. The summed E-state index contributed by atoms with van der Waals surface area (Å²) in [5, 5.41) is 7.36. The number of nitrogens with zero attached hydrogens (tertiary/aromatic N) is 1. The largest absolute Gasteiger partial charge is 0.333 e. The number of ketones is 1. The van der Waals surface area contributed by atoms with Crippen LogP contribution in [0.4, 0.5) is 9.93 Å². The van der Waals surface area contributed by atoms with Crippen molar-refractivity contribution in [2.24, 2.45) is 0 Å². The van der Waals surface area contributed by atoms with Crippen LogP contribution >= 0.6 is 11.3 Å². The molecule has 1 aromatic rings. The Labute approximate surface area is 98.3 Å². The highest BCUT2D eigenvalue weighted by Crippen LogP contribution is 2.15. The van der Waals surface area contributed by atoms with Crippen molar-refractivity contribution < 1.29 is 9.59 Å². The van der Waals surface area contributed by atoms with Gasteiger partial charge in [-0.05, 0) is 20.8 Å². The van der Waals surface area contributed by atoms with Crippen molar-refractivity contribution in [3.05, 3.63) is 11.1 Å². The second kappa shape index (κ2) is 4.61. The number of hydrogen-bond donors (Lipinski definition) is 2. The molecule has 0 aliphatic carbocycles. The summed E-state index contributed by atoms with van der Waals surface area (Å²) in [4.78, 5) is 26.4. The molecule has 0 aromatic carbocycles. The highest BCUT2D eigenvalue weighted by Gasteiger charge is 2.15. The second-order valence-corrected chi connectivity index (χ2v) is 5.28. The third kappa shape index (κ3) is 3.98. The zero-order valence-electron chi connectivity index (χ0n) is 9.75. The van der Waals surface area contributed by atoms with Crippen molar-refractivity contribution in [1.82, 2.24) is 10.3 Å². The van der Waals surface area contributed by atoms with Crippen molar-refractivity contribution in [2.45, 2.75) is 33.2 Å². The molecule has 1 heterocycles. The van der Waals surface area contributed by atoms with Crippen LogP contribution in [0.2, 0.25) is 0 Å². The van der Waals surface area contributed by atoms with E-state index in [0.29, 0.717) is 10.8 Å². The number of aromatic nitrogens is 1. The van der Waals surface area contributed by atoms with Crippen LogP contribution in [0.15, 0.2) is 5.38 Å². The summed E-state index contributed by atoms with van der Waals surface area (Å²) in [6, 6.07) is -0.322. The van der Waals surface area contributed by atoms with Crippen molar-refractivity contribution in [3.63, 3.8) is 0 Å². The number of rotatable bonds is 2. The van der Waals surface area contributed by atoms with Gasteiger partial charge in [0, 0.05) is 17.8 Å². The lowest BCUT2D eigenvalue weighted by Gasteiger charge is -2.20. The molecule has 88 valence electrons. The number of nitrogens with one attached hydrogen (secondary N) is 2. The van der Waals surface area contributed by atoms with Gasteiger partial charge in [0.25, 0.3) is 0 Å². The highest BCUT2D eigenvalue weighted by atomic mass is 32.1. The average molecular weight is 241 g/mol. The topological polar surface area (TPSA) is 71.1 Å². The molecule has 5 nitrogen and oxygen atoms in total. The fourth-order valence-corrected chi connectivity index (χ4v) is 1.71. The normalized spacial score (nSPS) is 11.0. The number of hydrogen-bond acceptors (Lipinski definition) is 4. The summed E-state index contributed by atoms with van der Waals surface area (Å²) in [6.45, 7) is 7.09. The molecule has 0 saturated heterocycles. The van der Waals surface area contributed by atoms with Gasteiger partial charge in [-0.2, -0.15) is 0 Å². The Bertz CT molecular complexity index is 406. The van der Waals surface area contributed by atoms with E-state index in [4.69, 9.17) is 0 Å². The standard InChI is InChI=1S/C10H15N3O2S/c1-6(14)7-5-16-9(11-7)12-8(15)13-10(2,3)4/h5H,1-4H3,(H2,11,12,13,15). The maximum absolute atomic E-state index is 11.5. The molecular weight excluding hydrogens is 226 g/mol. The van der Waals surface area contributed by atoms with E-state index in [1.54, 1.807) is 5.38 Å². The van der Waals surface area contributed by atoms with Crippen molar-refractivity contribution in [3.8, 4) is 0 Å². The quantitative estimate of drug-likeness (QED) is 0.780. The molecule has 0 saturated carbocycles. The number of urea groups is 1. The zero-order chi connectivity index (χ0) is 12.3. The van der Waals surface area contributed by atoms with Crippen molar-refractivity contribution in [2.75, 3.05) is 5.32 Å². The summed E-state index contributed by atoms with van der Waals surface area (Å²) in [5.74, 6) is -0.111. The number of thiazole rings is 1. The van der Waals surface area contributed by atoms with Gasteiger partial charge in [0.1, 0.15) is 5.69 Å². The average Bonchev–Trinajstić information content (AvgIpc) is 2.48. The van der Waals surface area contributed by atoms with Gasteiger partial charge in [-0.15, -0.1) is 11.3 Å². The maximum atomic E-state index is 11.5. The van der Waals surface area contributed by atoms with Gasteiger partial charge in [0.15, 0.2) is 10.9 Å². The van der Waals surface area contributed by atoms with Gasteiger partial charge >= 0.3 is 6.03 Å². The fourth-order valence-electron chi connectivity index (χ4n) is 0.962. The molecule has 1 rings (SSSR count). The molecule has 0 aliphatic heterocycles. The molecule has 0 radical (unpaired) electrons. The lowest BCUT2D eigenvalue weighted by atomic mass is 10.1. The van der Waals surface area contributed by atoms with E-state index in [2.05, 4.69) is 15.6 Å². The lowest BCUT2D eigenvalue weighted by Crippen LogP contribution is -2.43. The van der Waals surface area contributed by atoms with E-state index in [-0.39, 0.29) is 17.4 Å². The van der Waals surface area contributed by atoms with Gasteiger partial charge < -0.3 is 5.32 Å². The van der Waals surface area contributed by atoms with Crippen LogP contribution in [-0.2, 0) is 0 Å². The first-order valence-electron chi connectivity index (χ1n) is 4.83. The molecule has 0 spiro atoms. The third-order valence-electron chi connectivity index (χ3n) is 1.57. The highest BCUT2D eigenvalue weighted by molar-refractivity contribution is 7.14. The number of carbonyl (C=O) groups is 2. The lowest BCUT2D eigenvalue weighted by molar-refractivity contribution is 0.101. The Morgan fingerprint density at radius 2 is 2.00 bits per heavy atom. The molecule has 2 N–H and O–H groups in total. The smallest absolute Gasteiger partial charge is 0.321 e. The second-order valence-electron chi connectivity index (χ2n) is 4.42. The molecular formula is C10H15N3O2S. The number of carbonyl (C=O) groups excluding carboxylic acids is 2. The Balaban J connectivity index is 2.60. The van der Waals surface area contributed by atoms with Crippen molar-refractivity contribution >= 4 is 28.3 Å². The molecule has 0 bridgehead atoms. The maximum Gasteiger partial charge on any atom is 0.321 e. The minimum Gasteiger partial charge on any atom is -0.333 e. The van der Waals surface area contributed by atoms with E-state index >= 15 is 0 Å². The van der Waals surface area contributed by atoms with E-state index in [9.17, 15) is 9.59 Å². The molecule has 16 heavy (non-hydrogen) atoms. The molecule has 6 heteroatoms. The van der Waals surface area contributed by atoms with Crippen molar-refractivity contribution in [1.29, 1.82) is 0 Å². The Morgan fingerprint density at radius 1 is 1.38 bits per heavy atom. The van der Waals surface area contributed by atoms with Gasteiger partial charge in [-0.3, -0.25) is 10.1 Å². The zero-order valence-corrected chi connectivity index (χ0v) is 10.6. The van der Waals surface area contributed by atoms with E-state index in [1.165, 1.54) is 18.3 Å². The SMILES string of the molecule is CC(=O)c1csc(NC(=O)NC(C)(C)C)n1. The monoisotopic (exact) mass is 241 g/mol. The van der Waals surface area contributed by atoms with Crippen LogP contribution in [0.3, 0.4) is 0 Å². The summed E-state index contributed by atoms with van der Waals surface area (Å²) in [5.41, 5.74) is 0.0705. The van der Waals surface area contributed by atoms with Crippen LogP contribution in [0.1, 0.15) is 38.2 Å². The first kappa shape index (κ1) is 12.6. The van der Waals surface area contributed by atoms with Crippen LogP contribution in [0.25, 0.3) is 0 Å². The van der Waals surface area contributed by atoms with Gasteiger partial charge in [-0.25, -0.2) is 9.78 Å². The van der Waals surface area contributed by atoms with Gasteiger partial charge in [-0.1, -0.05) is 0 Å². The molecule has 0 aliphatic rings. The number of Topliss-reactive ketones (excluding diaryl/α,β-unsaturated/α-hetero) is 1. The predicted molar refractivity (Wildman–Crippen MR) is 64.0 cm³/mol. The summed E-state index contributed by atoms with van der Waals surface area (Å²) in [6.07, 6.45) is 0. The minimum atomic E-state index is -0.322. The molecule has 0 unspecified atom stereocenters. The van der Waals surface area contributed by atoms with E-state index < -0.39 is 0 Å². The summed E-state index contributed by atoms with van der Waals surface area (Å²) in [7, 11) is 0. The third-order valence-corrected chi connectivity index (χ3v) is 2.33. The number of anilines is 1. The Morgan fingerprint density at radius 3 is 2.44 bits per heavy atom. The van der Waals surface area contributed by atoms with Gasteiger partial charge in [0.05, 0.1) is 0 Å². The van der Waals surface area contributed by atoms with Crippen LogP contribution < -0.4 is 10.6 Å². The Hall–Kier alpha value is -1.43. The van der Waals surface area contributed by atoms with Crippen LogP contribution in [-0.4, -0.2) is 22.3 Å². The predicted octanol–water partition coefficient (Wildman–Crippen LogP) is 2.27. The van der Waals surface area contributed by atoms with Crippen LogP contribution in [0, 0.1) is 0 Å². The first-order chi connectivity index (χ1) is 7.28. The summed E-state index contributed by atoms with van der Waals surface area (Å²) >= 11 is 1.23. The van der Waals surface area contributed by atoms with E-state index in [0.717, 1.165) is 0 Å². The summed E-state index contributed by atoms with van der Waals surface area (Å²) < 4.78 is 0. The van der Waals surface area contributed by atoms with Gasteiger partial charge in [0.2, 0.25) is 0 Å². The molecule has 1 aromatic heterocycles. The number of amides is 2. The van der Waals surface area contributed by atoms with Crippen LogP contribution in [0.5, 0.6) is 0 Å². The first-order valence-corrected chi connectivity index (χ1v) is 5.71. The molecule has 0 atom stereocenters. The molecule has 2 amide bonds. The van der Waals surface area contributed by atoms with E-state index in [1.807, 2.05) is 20.8 Å². The Kier molecular flexibility index (Phi) is 3.64. The fraction of sp³-hybridized carbons (Fsp3) is 0.500.